The van der Waals surface area contributed by atoms with E-state index in [9.17, 15) is 4.79 Å². The second kappa shape index (κ2) is 5.10. The van der Waals surface area contributed by atoms with Gasteiger partial charge in [-0.25, -0.2) is 4.98 Å². The average molecular weight is 324 g/mol. The van der Waals surface area contributed by atoms with Crippen LogP contribution in [0.2, 0.25) is 0 Å². The van der Waals surface area contributed by atoms with Gasteiger partial charge in [0.2, 0.25) is 5.91 Å². The molecule has 0 aliphatic carbocycles. The van der Waals surface area contributed by atoms with Crippen LogP contribution in [0, 0.1) is 5.41 Å². The third-order valence-corrected chi connectivity index (χ3v) is 5.17. The van der Waals surface area contributed by atoms with Gasteiger partial charge in [-0.05, 0) is 37.1 Å². The molecule has 24 heavy (non-hydrogen) atoms. The van der Waals surface area contributed by atoms with Crippen LogP contribution in [0.1, 0.15) is 39.3 Å². The minimum Gasteiger partial charge on any atom is -0.371 e. The normalized spacial score (nSPS) is 18.7. The van der Waals surface area contributed by atoms with Crippen molar-refractivity contribution in [2.75, 3.05) is 18.4 Å². The Morgan fingerprint density at radius 2 is 1.96 bits per heavy atom. The van der Waals surface area contributed by atoms with Crippen molar-refractivity contribution in [3.63, 3.8) is 0 Å². The molecule has 2 aromatic heterocycles. The van der Waals surface area contributed by atoms with Crippen molar-refractivity contribution >= 4 is 11.6 Å². The Labute approximate surface area is 142 Å². The largest absolute Gasteiger partial charge is 0.371 e. The molecule has 4 heterocycles. The zero-order valence-electron chi connectivity index (χ0n) is 14.5. The van der Waals surface area contributed by atoms with Crippen LogP contribution in [0.5, 0.6) is 0 Å². The summed E-state index contributed by atoms with van der Waals surface area (Å²) in [5.74, 6) is 1.20. The second-order valence-electron chi connectivity index (χ2n) is 7.89. The summed E-state index contributed by atoms with van der Waals surface area (Å²) in [5, 5.41) is 3.73. The van der Waals surface area contributed by atoms with E-state index in [2.05, 4.69) is 39.3 Å². The maximum Gasteiger partial charge on any atom is 0.227 e. The summed E-state index contributed by atoms with van der Waals surface area (Å²) in [6.45, 7) is 7.54. The van der Waals surface area contributed by atoms with Gasteiger partial charge in [0, 0.05) is 36.6 Å². The second-order valence-corrected chi connectivity index (χ2v) is 7.89. The molecule has 1 saturated heterocycles. The number of pyridine rings is 1. The first-order valence-electron chi connectivity index (χ1n) is 8.62. The summed E-state index contributed by atoms with van der Waals surface area (Å²) in [6.07, 6.45) is 5.73. The third kappa shape index (κ3) is 2.22. The third-order valence-electron chi connectivity index (χ3n) is 5.17. The van der Waals surface area contributed by atoms with E-state index in [1.165, 1.54) is 5.69 Å². The maximum atomic E-state index is 12.6. The highest BCUT2D eigenvalue weighted by Crippen LogP contribution is 2.43. The van der Waals surface area contributed by atoms with Gasteiger partial charge in [0.05, 0.1) is 11.2 Å². The molecular weight excluding hydrogens is 300 g/mol. The number of piperidine rings is 1. The SMILES string of the molecule is CC(C)(C)C(=O)N1CCC2(CC1)Nc1cccnc1-n1cccc12. The Kier molecular flexibility index (Phi) is 3.24. The molecule has 1 amide bonds. The van der Waals surface area contributed by atoms with Crippen LogP contribution in [-0.2, 0) is 10.3 Å². The highest BCUT2D eigenvalue weighted by molar-refractivity contribution is 5.81. The van der Waals surface area contributed by atoms with Crippen LogP contribution in [0.25, 0.3) is 5.82 Å². The Morgan fingerprint density at radius 3 is 2.67 bits per heavy atom. The van der Waals surface area contributed by atoms with Crippen LogP contribution >= 0.6 is 0 Å². The first kappa shape index (κ1) is 15.2. The van der Waals surface area contributed by atoms with Crippen molar-refractivity contribution in [1.82, 2.24) is 14.5 Å². The molecular formula is C19H24N4O. The number of hydrogen-bond donors (Lipinski definition) is 1. The zero-order valence-corrected chi connectivity index (χ0v) is 14.5. The lowest BCUT2D eigenvalue weighted by Gasteiger charge is -2.46. The lowest BCUT2D eigenvalue weighted by atomic mass is 9.81. The fraction of sp³-hybridized carbons (Fsp3) is 0.474. The fourth-order valence-corrected chi connectivity index (χ4v) is 3.91. The highest BCUT2D eigenvalue weighted by Gasteiger charge is 2.43. The van der Waals surface area contributed by atoms with Crippen LogP contribution in [0.4, 0.5) is 5.69 Å². The topological polar surface area (TPSA) is 50.2 Å². The van der Waals surface area contributed by atoms with E-state index < -0.39 is 0 Å². The standard InChI is InChI=1S/C19H24N4O/c1-18(2,3)17(24)22-12-8-19(9-13-22)15-7-5-11-23(15)16-14(21-19)6-4-10-20-16/h4-7,10-11,21H,8-9,12-13H2,1-3H3. The van der Waals surface area contributed by atoms with Gasteiger partial charge in [0.15, 0.2) is 5.82 Å². The molecule has 1 fully saturated rings. The number of amides is 1. The maximum absolute atomic E-state index is 12.6. The summed E-state index contributed by atoms with van der Waals surface area (Å²) in [7, 11) is 0. The molecule has 2 aliphatic heterocycles. The van der Waals surface area contributed by atoms with E-state index in [0.717, 1.165) is 37.4 Å². The first-order valence-corrected chi connectivity index (χ1v) is 8.62. The summed E-state index contributed by atoms with van der Waals surface area (Å²) < 4.78 is 2.19. The molecule has 0 saturated carbocycles. The van der Waals surface area contributed by atoms with Gasteiger partial charge in [-0.2, -0.15) is 0 Å². The van der Waals surface area contributed by atoms with Gasteiger partial charge in [-0.1, -0.05) is 20.8 Å². The van der Waals surface area contributed by atoms with E-state index in [-0.39, 0.29) is 16.9 Å². The number of hydrogen-bond acceptors (Lipinski definition) is 3. The number of fused-ring (bicyclic) bond motifs is 4. The molecule has 5 heteroatoms. The molecule has 5 nitrogen and oxygen atoms in total. The quantitative estimate of drug-likeness (QED) is 0.810. The minimum absolute atomic E-state index is 0.117. The smallest absolute Gasteiger partial charge is 0.227 e. The summed E-state index contributed by atoms with van der Waals surface area (Å²) in [5.41, 5.74) is 1.88. The summed E-state index contributed by atoms with van der Waals surface area (Å²) in [4.78, 5) is 19.1. The molecule has 0 radical (unpaired) electrons. The van der Waals surface area contributed by atoms with E-state index in [1.54, 1.807) is 0 Å². The zero-order chi connectivity index (χ0) is 16.9. The summed E-state index contributed by atoms with van der Waals surface area (Å²) in [6, 6.07) is 8.30. The monoisotopic (exact) mass is 324 g/mol. The lowest BCUT2D eigenvalue weighted by molar-refractivity contribution is -0.141. The number of anilines is 1. The fourth-order valence-electron chi connectivity index (χ4n) is 3.91. The Balaban J connectivity index is 1.64. The predicted molar refractivity (Wildman–Crippen MR) is 94.1 cm³/mol. The van der Waals surface area contributed by atoms with Gasteiger partial charge >= 0.3 is 0 Å². The minimum atomic E-state index is -0.318. The van der Waals surface area contributed by atoms with Gasteiger partial charge in [-0.3, -0.25) is 4.79 Å². The lowest BCUT2D eigenvalue weighted by Crippen LogP contribution is -2.53. The molecule has 2 aromatic rings. The number of likely N-dealkylation sites (tertiary alicyclic amines) is 1. The van der Waals surface area contributed by atoms with E-state index in [1.807, 2.05) is 37.9 Å². The number of carbonyl (C=O) groups excluding carboxylic acids is 1. The van der Waals surface area contributed by atoms with Crippen molar-refractivity contribution in [3.8, 4) is 5.82 Å². The number of nitrogens with zero attached hydrogens (tertiary/aromatic N) is 3. The number of aromatic nitrogens is 2. The summed E-state index contributed by atoms with van der Waals surface area (Å²) >= 11 is 0. The Bertz CT molecular complexity index is 779. The van der Waals surface area contributed by atoms with Crippen molar-refractivity contribution < 1.29 is 4.79 Å². The average Bonchev–Trinajstić information content (AvgIpc) is 3.05. The van der Waals surface area contributed by atoms with Gasteiger partial charge < -0.3 is 14.8 Å². The van der Waals surface area contributed by atoms with E-state index in [4.69, 9.17) is 0 Å². The van der Waals surface area contributed by atoms with Crippen molar-refractivity contribution in [2.45, 2.75) is 39.2 Å². The predicted octanol–water partition coefficient (Wildman–Crippen LogP) is 3.16. The molecule has 4 rings (SSSR count). The molecule has 1 spiro atoms. The molecule has 0 unspecified atom stereocenters. The first-order chi connectivity index (χ1) is 11.4. The van der Waals surface area contributed by atoms with Crippen LogP contribution in [0.3, 0.4) is 0 Å². The van der Waals surface area contributed by atoms with Gasteiger partial charge in [0.1, 0.15) is 0 Å². The molecule has 0 aromatic carbocycles. The molecule has 0 atom stereocenters. The molecule has 2 aliphatic rings. The number of nitrogens with one attached hydrogen (secondary N) is 1. The van der Waals surface area contributed by atoms with Gasteiger partial charge in [0.25, 0.3) is 0 Å². The van der Waals surface area contributed by atoms with Crippen LogP contribution < -0.4 is 5.32 Å². The van der Waals surface area contributed by atoms with Gasteiger partial charge in [-0.15, -0.1) is 0 Å². The van der Waals surface area contributed by atoms with Crippen molar-refractivity contribution in [2.24, 2.45) is 5.41 Å². The molecule has 1 N–H and O–H groups in total. The number of rotatable bonds is 0. The highest BCUT2D eigenvalue weighted by atomic mass is 16.2. The number of carbonyl (C=O) groups is 1. The van der Waals surface area contributed by atoms with Crippen molar-refractivity contribution in [3.05, 3.63) is 42.4 Å². The van der Waals surface area contributed by atoms with Crippen LogP contribution in [-0.4, -0.2) is 33.4 Å². The Hall–Kier alpha value is -2.30. The van der Waals surface area contributed by atoms with Crippen LogP contribution in [0.15, 0.2) is 36.7 Å². The van der Waals surface area contributed by atoms with E-state index >= 15 is 0 Å². The van der Waals surface area contributed by atoms with E-state index in [0.29, 0.717) is 0 Å². The van der Waals surface area contributed by atoms with Crippen molar-refractivity contribution in [1.29, 1.82) is 0 Å². The molecule has 126 valence electrons. The Morgan fingerprint density at radius 1 is 1.21 bits per heavy atom. The molecule has 0 bridgehead atoms.